The molecular formula is C20H19N3O3S. The van der Waals surface area contributed by atoms with Crippen LogP contribution in [-0.2, 0) is 4.79 Å². The van der Waals surface area contributed by atoms with Crippen LogP contribution in [0.5, 0.6) is 11.5 Å². The van der Waals surface area contributed by atoms with Crippen LogP contribution in [0.1, 0.15) is 5.56 Å². The topological polar surface area (TPSA) is 72.8 Å². The SMILES string of the molecule is COc1ccc(/C=N\NC(=O)CSc2ccc3ccccc3n2)cc1OC. The van der Waals surface area contributed by atoms with Crippen LogP contribution in [0.3, 0.4) is 0 Å². The molecule has 1 amide bonds. The Morgan fingerprint density at radius 1 is 1.11 bits per heavy atom. The summed E-state index contributed by atoms with van der Waals surface area (Å²) in [4.78, 5) is 16.5. The van der Waals surface area contributed by atoms with Crippen molar-refractivity contribution in [1.29, 1.82) is 0 Å². The van der Waals surface area contributed by atoms with Crippen molar-refractivity contribution in [3.05, 3.63) is 60.2 Å². The van der Waals surface area contributed by atoms with Gasteiger partial charge in [-0.15, -0.1) is 0 Å². The molecule has 0 aliphatic heterocycles. The third-order valence-electron chi connectivity index (χ3n) is 3.73. The van der Waals surface area contributed by atoms with Gasteiger partial charge < -0.3 is 9.47 Å². The predicted molar refractivity (Wildman–Crippen MR) is 108 cm³/mol. The van der Waals surface area contributed by atoms with E-state index in [1.165, 1.54) is 11.8 Å². The molecule has 0 bridgehead atoms. The Kier molecular flexibility index (Phi) is 6.27. The summed E-state index contributed by atoms with van der Waals surface area (Å²) in [5.74, 6) is 1.27. The first-order valence-corrected chi connectivity index (χ1v) is 9.20. The van der Waals surface area contributed by atoms with Crippen molar-refractivity contribution in [3.8, 4) is 11.5 Å². The number of aromatic nitrogens is 1. The maximum atomic E-state index is 12.0. The van der Waals surface area contributed by atoms with E-state index in [1.807, 2.05) is 42.5 Å². The molecule has 0 fully saturated rings. The lowest BCUT2D eigenvalue weighted by Crippen LogP contribution is -2.19. The number of ether oxygens (including phenoxy) is 2. The first-order valence-electron chi connectivity index (χ1n) is 8.22. The molecule has 0 aliphatic carbocycles. The van der Waals surface area contributed by atoms with Gasteiger partial charge in [-0.05, 0) is 35.9 Å². The number of hydrazone groups is 1. The van der Waals surface area contributed by atoms with Gasteiger partial charge in [-0.3, -0.25) is 4.79 Å². The molecule has 2 aromatic carbocycles. The third-order valence-corrected chi connectivity index (χ3v) is 4.66. The van der Waals surface area contributed by atoms with E-state index in [2.05, 4.69) is 15.5 Å². The van der Waals surface area contributed by atoms with Gasteiger partial charge in [0.15, 0.2) is 11.5 Å². The molecule has 0 spiro atoms. The highest BCUT2D eigenvalue weighted by Gasteiger charge is 2.05. The van der Waals surface area contributed by atoms with Crippen molar-refractivity contribution < 1.29 is 14.3 Å². The van der Waals surface area contributed by atoms with Crippen LogP contribution in [0.4, 0.5) is 0 Å². The van der Waals surface area contributed by atoms with E-state index >= 15 is 0 Å². The first-order chi connectivity index (χ1) is 13.2. The fourth-order valence-electron chi connectivity index (χ4n) is 2.41. The van der Waals surface area contributed by atoms with Crippen LogP contribution < -0.4 is 14.9 Å². The lowest BCUT2D eigenvalue weighted by atomic mass is 10.2. The number of hydrogen-bond acceptors (Lipinski definition) is 6. The number of pyridine rings is 1. The van der Waals surface area contributed by atoms with Crippen LogP contribution in [0.2, 0.25) is 0 Å². The molecule has 7 heteroatoms. The van der Waals surface area contributed by atoms with Gasteiger partial charge in [0, 0.05) is 5.39 Å². The summed E-state index contributed by atoms with van der Waals surface area (Å²) in [5, 5.41) is 5.85. The van der Waals surface area contributed by atoms with Crippen LogP contribution in [-0.4, -0.2) is 37.1 Å². The second-order valence-electron chi connectivity index (χ2n) is 5.54. The molecule has 0 radical (unpaired) electrons. The molecule has 3 rings (SSSR count). The largest absolute Gasteiger partial charge is 0.493 e. The number of fused-ring (bicyclic) bond motifs is 1. The van der Waals surface area contributed by atoms with E-state index in [1.54, 1.807) is 32.6 Å². The molecule has 0 saturated heterocycles. The molecule has 3 aromatic rings. The fraction of sp³-hybridized carbons (Fsp3) is 0.150. The minimum absolute atomic E-state index is 0.202. The van der Waals surface area contributed by atoms with E-state index < -0.39 is 0 Å². The number of amides is 1. The third kappa shape index (κ3) is 4.98. The second-order valence-corrected chi connectivity index (χ2v) is 6.53. The Morgan fingerprint density at radius 3 is 2.74 bits per heavy atom. The monoisotopic (exact) mass is 381 g/mol. The average molecular weight is 381 g/mol. The summed E-state index contributed by atoms with van der Waals surface area (Å²) in [6.45, 7) is 0. The van der Waals surface area contributed by atoms with Gasteiger partial charge in [-0.25, -0.2) is 10.4 Å². The molecule has 1 N–H and O–H groups in total. The molecule has 0 atom stereocenters. The van der Waals surface area contributed by atoms with Gasteiger partial charge in [-0.1, -0.05) is 36.0 Å². The quantitative estimate of drug-likeness (QED) is 0.385. The number of hydrogen-bond donors (Lipinski definition) is 1. The molecule has 27 heavy (non-hydrogen) atoms. The van der Waals surface area contributed by atoms with Crippen molar-refractivity contribution in [2.45, 2.75) is 5.03 Å². The maximum Gasteiger partial charge on any atom is 0.250 e. The van der Waals surface area contributed by atoms with Crippen LogP contribution in [0.15, 0.2) is 64.7 Å². The number of benzene rings is 2. The van der Waals surface area contributed by atoms with Crippen molar-refractivity contribution in [2.75, 3.05) is 20.0 Å². The normalized spacial score (nSPS) is 10.9. The van der Waals surface area contributed by atoms with Crippen molar-refractivity contribution in [1.82, 2.24) is 10.4 Å². The van der Waals surface area contributed by atoms with E-state index in [0.29, 0.717) is 11.5 Å². The van der Waals surface area contributed by atoms with Crippen LogP contribution >= 0.6 is 11.8 Å². The lowest BCUT2D eigenvalue weighted by molar-refractivity contribution is -0.118. The predicted octanol–water partition coefficient (Wildman–Crippen LogP) is 3.49. The standard InChI is InChI=1S/C20H19N3O3S/c1-25-17-9-7-14(11-18(17)26-2)12-21-23-19(24)13-27-20-10-8-15-5-3-4-6-16(15)22-20/h3-12H,13H2,1-2H3,(H,23,24)/b21-12-. The van der Waals surface area contributed by atoms with Crippen LogP contribution in [0.25, 0.3) is 10.9 Å². The molecule has 1 aromatic heterocycles. The summed E-state index contributed by atoms with van der Waals surface area (Å²) in [7, 11) is 3.15. The van der Waals surface area contributed by atoms with E-state index in [4.69, 9.17) is 9.47 Å². The van der Waals surface area contributed by atoms with Crippen molar-refractivity contribution >= 4 is 34.8 Å². The smallest absolute Gasteiger partial charge is 0.250 e. The lowest BCUT2D eigenvalue weighted by Gasteiger charge is -2.07. The summed E-state index contributed by atoms with van der Waals surface area (Å²) in [5.41, 5.74) is 4.21. The first kappa shape index (κ1) is 18.7. The number of carbonyl (C=O) groups is 1. The van der Waals surface area contributed by atoms with E-state index in [9.17, 15) is 4.79 Å². The van der Waals surface area contributed by atoms with Crippen molar-refractivity contribution in [2.24, 2.45) is 5.10 Å². The Balaban J connectivity index is 1.53. The highest BCUT2D eigenvalue weighted by Crippen LogP contribution is 2.26. The average Bonchev–Trinajstić information content (AvgIpc) is 2.72. The van der Waals surface area contributed by atoms with Gasteiger partial charge in [-0.2, -0.15) is 5.10 Å². The Bertz CT molecular complexity index is 976. The van der Waals surface area contributed by atoms with E-state index in [-0.39, 0.29) is 11.7 Å². The second kappa shape index (κ2) is 9.05. The minimum Gasteiger partial charge on any atom is -0.493 e. The van der Waals surface area contributed by atoms with E-state index in [0.717, 1.165) is 21.5 Å². The Morgan fingerprint density at radius 2 is 1.93 bits per heavy atom. The molecule has 1 heterocycles. The highest BCUT2D eigenvalue weighted by molar-refractivity contribution is 7.99. The molecule has 0 saturated carbocycles. The van der Waals surface area contributed by atoms with Crippen LogP contribution in [0, 0.1) is 0 Å². The minimum atomic E-state index is -0.202. The van der Waals surface area contributed by atoms with Gasteiger partial charge in [0.2, 0.25) is 5.91 Å². The Labute approximate surface area is 161 Å². The summed E-state index contributed by atoms with van der Waals surface area (Å²) < 4.78 is 10.4. The van der Waals surface area contributed by atoms with Gasteiger partial charge in [0.05, 0.1) is 36.7 Å². The zero-order valence-electron chi connectivity index (χ0n) is 15.0. The molecule has 0 aliphatic rings. The number of nitrogens with zero attached hydrogens (tertiary/aromatic N) is 2. The number of thioether (sulfide) groups is 1. The number of nitrogens with one attached hydrogen (secondary N) is 1. The highest BCUT2D eigenvalue weighted by atomic mass is 32.2. The van der Waals surface area contributed by atoms with Gasteiger partial charge in [0.1, 0.15) is 0 Å². The summed E-state index contributed by atoms with van der Waals surface area (Å²) >= 11 is 1.37. The molecule has 138 valence electrons. The zero-order chi connectivity index (χ0) is 19.1. The number of rotatable bonds is 7. The number of carbonyl (C=O) groups excluding carboxylic acids is 1. The molecule has 0 unspecified atom stereocenters. The Hall–Kier alpha value is -3.06. The summed E-state index contributed by atoms with van der Waals surface area (Å²) in [6.07, 6.45) is 1.55. The number of para-hydroxylation sites is 1. The zero-order valence-corrected chi connectivity index (χ0v) is 15.8. The van der Waals surface area contributed by atoms with Crippen molar-refractivity contribution in [3.63, 3.8) is 0 Å². The van der Waals surface area contributed by atoms with Gasteiger partial charge in [0.25, 0.3) is 0 Å². The maximum absolute atomic E-state index is 12.0. The summed E-state index contributed by atoms with van der Waals surface area (Å²) in [6, 6.07) is 17.2. The van der Waals surface area contributed by atoms with Gasteiger partial charge >= 0.3 is 0 Å². The fourth-order valence-corrected chi connectivity index (χ4v) is 3.08. The molecular weight excluding hydrogens is 362 g/mol. The molecule has 6 nitrogen and oxygen atoms in total. The number of methoxy groups -OCH3 is 2.